The minimum Gasteiger partial charge on any atom is -0.488 e. The maximum absolute atomic E-state index is 11.2. The van der Waals surface area contributed by atoms with Crippen LogP contribution in [0.4, 0.5) is 0 Å². The first-order valence-corrected chi connectivity index (χ1v) is 6.98. The molecule has 0 saturated carbocycles. The molecule has 2 atom stereocenters. The van der Waals surface area contributed by atoms with Gasteiger partial charge in [-0.25, -0.2) is 0 Å². The van der Waals surface area contributed by atoms with E-state index in [0.29, 0.717) is 19.7 Å². The Morgan fingerprint density at radius 2 is 2.35 bits per heavy atom. The molecule has 110 valence electrons. The molecule has 2 unspecified atom stereocenters. The molecular weight excluding hydrogens is 258 g/mol. The van der Waals surface area contributed by atoms with Crippen LogP contribution in [0.5, 0.6) is 5.75 Å². The summed E-state index contributed by atoms with van der Waals surface area (Å²) in [5.41, 5.74) is 1.21. The third-order valence-electron chi connectivity index (χ3n) is 3.17. The lowest BCUT2D eigenvalue weighted by atomic mass is 10.1. The fourth-order valence-electron chi connectivity index (χ4n) is 2.26. The van der Waals surface area contributed by atoms with Gasteiger partial charge in [-0.2, -0.15) is 0 Å². The van der Waals surface area contributed by atoms with Gasteiger partial charge in [0.15, 0.2) is 0 Å². The zero-order valence-electron chi connectivity index (χ0n) is 11.7. The van der Waals surface area contributed by atoms with E-state index in [1.807, 2.05) is 18.2 Å². The average Bonchev–Trinajstić information content (AvgIpc) is 2.81. The number of rotatable bonds is 7. The summed E-state index contributed by atoms with van der Waals surface area (Å²) in [4.78, 5) is 11.2. The van der Waals surface area contributed by atoms with Crippen molar-refractivity contribution in [2.45, 2.75) is 32.0 Å². The summed E-state index contributed by atoms with van der Waals surface area (Å²) in [6.45, 7) is 3.09. The van der Waals surface area contributed by atoms with Crippen molar-refractivity contribution >= 4 is 5.97 Å². The summed E-state index contributed by atoms with van der Waals surface area (Å²) in [7, 11) is 0. The van der Waals surface area contributed by atoms with Gasteiger partial charge in [0.2, 0.25) is 0 Å². The first kappa shape index (κ1) is 14.8. The molecule has 1 heterocycles. The number of nitrogens with one attached hydrogen (secondary N) is 1. The molecule has 0 aliphatic carbocycles. The molecule has 1 aliphatic rings. The van der Waals surface area contributed by atoms with Crippen LogP contribution in [0.15, 0.2) is 24.3 Å². The third-order valence-corrected chi connectivity index (χ3v) is 3.17. The van der Waals surface area contributed by atoms with E-state index in [4.69, 9.17) is 9.47 Å². The van der Waals surface area contributed by atoms with Crippen molar-refractivity contribution in [3.63, 3.8) is 0 Å². The van der Waals surface area contributed by atoms with Gasteiger partial charge in [0.05, 0.1) is 19.1 Å². The zero-order chi connectivity index (χ0) is 14.4. The highest BCUT2D eigenvalue weighted by Crippen LogP contribution is 2.27. The highest BCUT2D eigenvalue weighted by Gasteiger charge is 2.22. The summed E-state index contributed by atoms with van der Waals surface area (Å²) in [6, 6.07) is 7.98. The van der Waals surface area contributed by atoms with Crippen LogP contribution in [0.3, 0.4) is 0 Å². The summed E-state index contributed by atoms with van der Waals surface area (Å²) in [6.07, 6.45) is 0.254. The van der Waals surface area contributed by atoms with Gasteiger partial charge in [-0.3, -0.25) is 4.79 Å². The molecule has 1 aromatic rings. The van der Waals surface area contributed by atoms with E-state index in [1.165, 1.54) is 5.56 Å². The number of esters is 1. The van der Waals surface area contributed by atoms with Gasteiger partial charge in [0.25, 0.3) is 0 Å². The SMILES string of the molecule is CCOC(=O)CC(O)CNCC1Cc2ccccc2O1. The van der Waals surface area contributed by atoms with Crippen molar-refractivity contribution in [3.05, 3.63) is 29.8 Å². The largest absolute Gasteiger partial charge is 0.488 e. The van der Waals surface area contributed by atoms with Crippen LogP contribution in [0.1, 0.15) is 18.9 Å². The summed E-state index contributed by atoms with van der Waals surface area (Å²) in [5, 5.41) is 12.8. The molecule has 0 saturated heterocycles. The number of hydrogen-bond donors (Lipinski definition) is 2. The fourth-order valence-corrected chi connectivity index (χ4v) is 2.26. The molecular formula is C15H21NO4. The van der Waals surface area contributed by atoms with Crippen LogP contribution in [0, 0.1) is 0 Å². The number of benzene rings is 1. The van der Waals surface area contributed by atoms with E-state index in [0.717, 1.165) is 12.2 Å². The molecule has 2 rings (SSSR count). The zero-order valence-corrected chi connectivity index (χ0v) is 11.7. The smallest absolute Gasteiger partial charge is 0.308 e. The Morgan fingerprint density at radius 3 is 3.10 bits per heavy atom. The molecule has 1 aromatic carbocycles. The van der Waals surface area contributed by atoms with Crippen LogP contribution in [0.25, 0.3) is 0 Å². The molecule has 1 aliphatic heterocycles. The van der Waals surface area contributed by atoms with Crippen molar-refractivity contribution in [1.82, 2.24) is 5.32 Å². The number of para-hydroxylation sites is 1. The molecule has 2 N–H and O–H groups in total. The molecule has 20 heavy (non-hydrogen) atoms. The van der Waals surface area contributed by atoms with Crippen molar-refractivity contribution in [2.75, 3.05) is 19.7 Å². The summed E-state index contributed by atoms with van der Waals surface area (Å²) >= 11 is 0. The van der Waals surface area contributed by atoms with Crippen molar-refractivity contribution in [2.24, 2.45) is 0 Å². The van der Waals surface area contributed by atoms with Crippen molar-refractivity contribution in [3.8, 4) is 5.75 Å². The molecule has 0 bridgehead atoms. The minimum absolute atomic E-state index is 0.0204. The van der Waals surface area contributed by atoms with Crippen molar-refractivity contribution < 1.29 is 19.4 Å². The number of hydrogen-bond acceptors (Lipinski definition) is 5. The van der Waals surface area contributed by atoms with Gasteiger partial charge in [-0.05, 0) is 18.6 Å². The van der Waals surface area contributed by atoms with Crippen LogP contribution < -0.4 is 10.1 Å². The van der Waals surface area contributed by atoms with Crippen LogP contribution in [-0.4, -0.2) is 43.0 Å². The van der Waals surface area contributed by atoms with Crippen LogP contribution in [0.2, 0.25) is 0 Å². The number of carbonyl (C=O) groups excluding carboxylic acids is 1. The number of aliphatic hydroxyl groups is 1. The Hall–Kier alpha value is -1.59. The molecule has 0 fully saturated rings. The second-order valence-electron chi connectivity index (χ2n) is 4.87. The first-order chi connectivity index (χ1) is 9.69. The molecule has 0 aromatic heterocycles. The van der Waals surface area contributed by atoms with E-state index in [2.05, 4.69) is 11.4 Å². The Morgan fingerprint density at radius 1 is 1.55 bits per heavy atom. The van der Waals surface area contributed by atoms with Crippen LogP contribution in [-0.2, 0) is 16.0 Å². The summed E-state index contributed by atoms with van der Waals surface area (Å²) < 4.78 is 10.6. The molecule has 0 spiro atoms. The van der Waals surface area contributed by atoms with Gasteiger partial charge in [0, 0.05) is 19.5 Å². The highest BCUT2D eigenvalue weighted by molar-refractivity contribution is 5.69. The monoisotopic (exact) mass is 279 g/mol. The van der Waals surface area contributed by atoms with Gasteiger partial charge in [-0.15, -0.1) is 0 Å². The summed E-state index contributed by atoms with van der Waals surface area (Å²) in [5.74, 6) is 0.567. The van der Waals surface area contributed by atoms with Gasteiger partial charge < -0.3 is 19.9 Å². The quantitative estimate of drug-likeness (QED) is 0.726. The molecule has 5 nitrogen and oxygen atoms in total. The lowest BCUT2D eigenvalue weighted by molar-refractivity contribution is -0.145. The molecule has 5 heteroatoms. The van der Waals surface area contributed by atoms with Gasteiger partial charge in [-0.1, -0.05) is 18.2 Å². The lowest BCUT2D eigenvalue weighted by Crippen LogP contribution is -2.36. The Balaban J connectivity index is 1.64. The Labute approximate surface area is 118 Å². The Bertz CT molecular complexity index is 424. The van der Waals surface area contributed by atoms with Crippen LogP contribution >= 0.6 is 0 Å². The lowest BCUT2D eigenvalue weighted by Gasteiger charge is -2.14. The van der Waals surface area contributed by atoms with Gasteiger partial charge >= 0.3 is 5.97 Å². The molecule has 0 amide bonds. The topological polar surface area (TPSA) is 67.8 Å². The van der Waals surface area contributed by atoms with E-state index in [1.54, 1.807) is 6.92 Å². The van der Waals surface area contributed by atoms with Crippen molar-refractivity contribution in [1.29, 1.82) is 0 Å². The first-order valence-electron chi connectivity index (χ1n) is 6.98. The fraction of sp³-hybridized carbons (Fsp3) is 0.533. The standard InChI is InChI=1S/C15H21NO4/c1-2-19-15(18)8-12(17)9-16-10-13-7-11-5-3-4-6-14(11)20-13/h3-6,12-13,16-17H,2,7-10H2,1H3. The maximum Gasteiger partial charge on any atom is 0.308 e. The highest BCUT2D eigenvalue weighted by atomic mass is 16.5. The van der Waals surface area contributed by atoms with E-state index in [-0.39, 0.29) is 18.5 Å². The maximum atomic E-state index is 11.2. The van der Waals surface area contributed by atoms with Gasteiger partial charge in [0.1, 0.15) is 11.9 Å². The number of carbonyl (C=O) groups is 1. The van der Waals surface area contributed by atoms with E-state index >= 15 is 0 Å². The third kappa shape index (κ3) is 4.21. The average molecular weight is 279 g/mol. The normalized spacial score (nSPS) is 18.2. The molecule has 0 radical (unpaired) electrons. The predicted octanol–water partition coefficient (Wildman–Crippen LogP) is 0.894. The minimum atomic E-state index is -0.724. The second kappa shape index (κ2) is 7.26. The van der Waals surface area contributed by atoms with E-state index in [9.17, 15) is 9.90 Å². The number of ether oxygens (including phenoxy) is 2. The number of fused-ring (bicyclic) bond motifs is 1. The number of aliphatic hydroxyl groups excluding tert-OH is 1. The Kier molecular flexibility index (Phi) is 5.38. The van der Waals surface area contributed by atoms with E-state index < -0.39 is 6.10 Å². The second-order valence-corrected chi connectivity index (χ2v) is 4.87. The predicted molar refractivity (Wildman–Crippen MR) is 74.7 cm³/mol.